The molecule has 0 heterocycles. The van der Waals surface area contributed by atoms with E-state index >= 15 is 0 Å². The van der Waals surface area contributed by atoms with Crippen LogP contribution in [0.4, 0.5) is 0 Å². The molecule has 2 fully saturated rings. The topological polar surface area (TPSA) is 98.0 Å². The van der Waals surface area contributed by atoms with Gasteiger partial charge in [-0.05, 0) is 57.3 Å². The molecule has 0 amide bonds. The van der Waals surface area contributed by atoms with Crippen LogP contribution >= 0.6 is 0 Å². The number of fused-ring (bicyclic) bond motifs is 1. The number of aliphatic carboxylic acids is 1. The lowest BCUT2D eigenvalue weighted by Gasteiger charge is -2.24. The summed E-state index contributed by atoms with van der Waals surface area (Å²) in [6.45, 7) is 3.87. The van der Waals surface area contributed by atoms with E-state index in [1.807, 2.05) is 13.0 Å². The van der Waals surface area contributed by atoms with Gasteiger partial charge in [0, 0.05) is 37.2 Å². The summed E-state index contributed by atoms with van der Waals surface area (Å²) in [6.07, 6.45) is 10.5. The number of carboxylic acid groups (broad SMARTS) is 1. The standard InChI is InChI=1S/C27H38O5/c1-3-4-10-20(2)24(29)14-13-22-23-17-21(11-6-7-12-26(31)32)18-27(23,19-25(22)30)15-8-5-9-16-28/h11,13-14,20,22-25,28-30H,5-7,9-10,12,16-19H2,1-2H3,(H,31,32)/b14-13+,21-11-/t20?,22-,23-,24-,25-,27+/m1/s1. The van der Waals surface area contributed by atoms with Gasteiger partial charge in [0.2, 0.25) is 0 Å². The fraction of sp³-hybridized carbons (Fsp3) is 0.667. The Morgan fingerprint density at radius 1 is 1.31 bits per heavy atom. The lowest BCUT2D eigenvalue weighted by atomic mass is 9.78. The average molecular weight is 443 g/mol. The highest BCUT2D eigenvalue weighted by Crippen LogP contribution is 2.59. The number of rotatable bonds is 10. The molecule has 0 aromatic heterocycles. The first-order valence-corrected chi connectivity index (χ1v) is 11.8. The zero-order valence-electron chi connectivity index (χ0n) is 19.4. The molecule has 0 spiro atoms. The highest BCUT2D eigenvalue weighted by Gasteiger charge is 2.55. The van der Waals surface area contributed by atoms with E-state index in [1.165, 1.54) is 5.57 Å². The summed E-state index contributed by atoms with van der Waals surface area (Å²) in [4.78, 5) is 10.8. The van der Waals surface area contributed by atoms with Crippen LogP contribution in [0.3, 0.4) is 0 Å². The van der Waals surface area contributed by atoms with Crippen molar-refractivity contribution in [1.29, 1.82) is 0 Å². The van der Waals surface area contributed by atoms with Crippen LogP contribution in [0.15, 0.2) is 23.8 Å². The zero-order valence-corrected chi connectivity index (χ0v) is 19.4. The van der Waals surface area contributed by atoms with E-state index in [0.29, 0.717) is 32.1 Å². The lowest BCUT2D eigenvalue weighted by molar-refractivity contribution is -0.137. The molecule has 1 unspecified atom stereocenters. The smallest absolute Gasteiger partial charge is 0.303 e. The van der Waals surface area contributed by atoms with Gasteiger partial charge in [-0.3, -0.25) is 4.79 Å². The van der Waals surface area contributed by atoms with Gasteiger partial charge in [0.25, 0.3) is 0 Å². The minimum Gasteiger partial charge on any atom is -0.481 e. The third-order valence-corrected chi connectivity index (χ3v) is 6.76. The number of hydrogen-bond acceptors (Lipinski definition) is 4. The molecule has 2 aliphatic carbocycles. The molecule has 0 radical (unpaired) electrons. The second kappa shape index (κ2) is 12.9. The Morgan fingerprint density at radius 3 is 2.78 bits per heavy atom. The quantitative estimate of drug-likeness (QED) is 0.235. The van der Waals surface area contributed by atoms with Crippen LogP contribution in [-0.2, 0) is 4.79 Å². The largest absolute Gasteiger partial charge is 0.481 e. The fourth-order valence-electron chi connectivity index (χ4n) is 4.98. The van der Waals surface area contributed by atoms with Crippen molar-refractivity contribution in [3.63, 3.8) is 0 Å². The molecule has 2 saturated carbocycles. The van der Waals surface area contributed by atoms with Crippen LogP contribution in [0.25, 0.3) is 0 Å². The van der Waals surface area contributed by atoms with Gasteiger partial charge in [0.05, 0.1) is 12.2 Å². The van der Waals surface area contributed by atoms with Crippen LogP contribution in [0.5, 0.6) is 0 Å². The Labute approximate surface area is 192 Å². The van der Waals surface area contributed by atoms with Gasteiger partial charge in [0.1, 0.15) is 0 Å². The predicted molar refractivity (Wildman–Crippen MR) is 125 cm³/mol. The summed E-state index contributed by atoms with van der Waals surface area (Å²) in [6, 6.07) is 0. The Bertz CT molecular complexity index is 805. The first-order chi connectivity index (χ1) is 15.3. The first kappa shape index (κ1) is 26.2. The molecule has 5 heteroatoms. The molecule has 4 N–H and O–H groups in total. The molecule has 2 rings (SSSR count). The van der Waals surface area contributed by atoms with Gasteiger partial charge in [-0.2, -0.15) is 0 Å². The monoisotopic (exact) mass is 442 g/mol. The summed E-state index contributed by atoms with van der Waals surface area (Å²) >= 11 is 0. The van der Waals surface area contributed by atoms with Gasteiger partial charge >= 0.3 is 5.97 Å². The number of aliphatic hydroxyl groups excluding tert-OH is 3. The predicted octanol–water partition coefficient (Wildman–Crippen LogP) is 3.69. The van der Waals surface area contributed by atoms with Crippen LogP contribution < -0.4 is 0 Å². The van der Waals surface area contributed by atoms with E-state index in [0.717, 1.165) is 19.3 Å². The van der Waals surface area contributed by atoms with E-state index in [2.05, 4.69) is 29.8 Å². The van der Waals surface area contributed by atoms with Gasteiger partial charge < -0.3 is 20.4 Å². The Hall–Kier alpha value is -2.05. The summed E-state index contributed by atoms with van der Waals surface area (Å²) in [5, 5.41) is 39.3. The zero-order chi connectivity index (χ0) is 23.6. The summed E-state index contributed by atoms with van der Waals surface area (Å²) in [7, 11) is 0. The maximum atomic E-state index is 10.9. The molecule has 0 aliphatic heterocycles. The van der Waals surface area contributed by atoms with Crippen molar-refractivity contribution in [2.45, 2.75) is 83.8 Å². The summed E-state index contributed by atoms with van der Waals surface area (Å²) in [5.41, 5.74) is 0.988. The van der Waals surface area contributed by atoms with Gasteiger partial charge in [-0.1, -0.05) is 36.6 Å². The Balaban J connectivity index is 2.17. The molecular weight excluding hydrogens is 404 g/mol. The highest BCUT2D eigenvalue weighted by atomic mass is 16.4. The minimum absolute atomic E-state index is 0.0218. The Morgan fingerprint density at radius 2 is 2.09 bits per heavy atom. The minimum atomic E-state index is -0.774. The second-order valence-corrected chi connectivity index (χ2v) is 9.25. The van der Waals surface area contributed by atoms with E-state index in [1.54, 1.807) is 13.0 Å². The molecule has 176 valence electrons. The van der Waals surface area contributed by atoms with Crippen LogP contribution in [0.1, 0.15) is 71.6 Å². The lowest BCUT2D eigenvalue weighted by Crippen LogP contribution is -2.21. The molecular formula is C27H38O5. The van der Waals surface area contributed by atoms with E-state index < -0.39 is 18.2 Å². The first-order valence-electron chi connectivity index (χ1n) is 11.8. The summed E-state index contributed by atoms with van der Waals surface area (Å²) in [5.74, 6) is 11.9. The van der Waals surface area contributed by atoms with Crippen LogP contribution in [0, 0.1) is 46.9 Å². The van der Waals surface area contributed by atoms with Gasteiger partial charge in [-0.25, -0.2) is 0 Å². The average Bonchev–Trinajstić information content (AvgIpc) is 3.22. The number of unbranched alkanes of at least 4 members (excludes halogenated alkanes) is 2. The van der Waals surface area contributed by atoms with Gasteiger partial charge in [-0.15, -0.1) is 17.8 Å². The van der Waals surface area contributed by atoms with Crippen molar-refractivity contribution in [3.8, 4) is 23.7 Å². The number of carbonyl (C=O) groups is 1. The second-order valence-electron chi connectivity index (χ2n) is 9.25. The third-order valence-electron chi connectivity index (χ3n) is 6.76. The normalized spacial score (nSPS) is 29.8. The van der Waals surface area contributed by atoms with Gasteiger partial charge in [0.15, 0.2) is 0 Å². The van der Waals surface area contributed by atoms with E-state index in [9.17, 15) is 15.0 Å². The third kappa shape index (κ3) is 7.24. The molecule has 6 atom stereocenters. The van der Waals surface area contributed by atoms with Crippen LogP contribution in [0.2, 0.25) is 0 Å². The molecule has 5 nitrogen and oxygen atoms in total. The summed E-state index contributed by atoms with van der Waals surface area (Å²) < 4.78 is 0. The molecule has 0 bridgehead atoms. The maximum absolute atomic E-state index is 10.9. The SMILES string of the molecule is CC#CCC(C)[C@H](O)/C=C/[C@H]1[C@H](O)C[C@]2(C#CCCCO)C/C(=C\CCCC(=O)O)C[C@H]12. The molecule has 0 saturated heterocycles. The highest BCUT2D eigenvalue weighted by molar-refractivity contribution is 5.66. The fourth-order valence-corrected chi connectivity index (χ4v) is 4.98. The number of hydrogen-bond donors (Lipinski definition) is 4. The molecule has 0 aromatic carbocycles. The molecule has 32 heavy (non-hydrogen) atoms. The van der Waals surface area contributed by atoms with Crippen molar-refractivity contribution in [1.82, 2.24) is 0 Å². The van der Waals surface area contributed by atoms with E-state index in [4.69, 9.17) is 10.2 Å². The number of allylic oxidation sites excluding steroid dienone is 2. The maximum Gasteiger partial charge on any atom is 0.303 e. The van der Waals surface area contributed by atoms with Crippen molar-refractivity contribution in [2.24, 2.45) is 23.2 Å². The van der Waals surface area contributed by atoms with Crippen molar-refractivity contribution < 1.29 is 25.2 Å². The van der Waals surface area contributed by atoms with Crippen molar-refractivity contribution in [3.05, 3.63) is 23.8 Å². The van der Waals surface area contributed by atoms with Crippen molar-refractivity contribution >= 4 is 5.97 Å². The molecule has 2 aliphatic rings. The van der Waals surface area contributed by atoms with Crippen molar-refractivity contribution in [2.75, 3.05) is 6.61 Å². The number of carboxylic acids is 1. The molecule has 0 aromatic rings. The van der Waals surface area contributed by atoms with Crippen LogP contribution in [-0.4, -0.2) is 45.2 Å². The Kier molecular flexibility index (Phi) is 10.5. The number of aliphatic hydroxyl groups is 3. The van der Waals surface area contributed by atoms with E-state index in [-0.39, 0.29) is 36.2 Å².